The molecule has 1 fully saturated rings. The third kappa shape index (κ3) is 3.40. The number of likely N-dealkylation sites (tertiary alicyclic amines) is 1. The number of carbonyl (C=O) groups is 1. The minimum absolute atomic E-state index is 0.0796. The van der Waals surface area contributed by atoms with E-state index in [1.54, 1.807) is 18.2 Å². The van der Waals surface area contributed by atoms with Crippen LogP contribution in [-0.4, -0.2) is 47.0 Å². The molecule has 1 aliphatic heterocycles. The lowest BCUT2D eigenvalue weighted by molar-refractivity contribution is 0.0629. The molecule has 4 rings (SSSR count). The van der Waals surface area contributed by atoms with E-state index >= 15 is 0 Å². The first kappa shape index (κ1) is 19.0. The summed E-state index contributed by atoms with van der Waals surface area (Å²) in [5.74, 6) is 0.720. The lowest BCUT2D eigenvalue weighted by Gasteiger charge is -2.40. The molecule has 1 amide bonds. The van der Waals surface area contributed by atoms with Crippen molar-refractivity contribution in [1.29, 1.82) is 0 Å². The number of aromatic nitrogens is 2. The molecule has 1 saturated heterocycles. The zero-order chi connectivity index (χ0) is 19.7. The van der Waals surface area contributed by atoms with Gasteiger partial charge in [-0.3, -0.25) is 4.79 Å². The van der Waals surface area contributed by atoms with Crippen LogP contribution in [0.15, 0.2) is 24.4 Å². The molecule has 1 aliphatic carbocycles. The van der Waals surface area contributed by atoms with E-state index in [1.807, 2.05) is 11.1 Å². The first-order valence-corrected chi connectivity index (χ1v) is 9.94. The number of nitrogens with zero attached hydrogens (tertiary/aromatic N) is 3. The summed E-state index contributed by atoms with van der Waals surface area (Å²) in [7, 11) is 0. The molecule has 148 valence electrons. The smallest absolute Gasteiger partial charge is 0.257 e. The molecule has 2 heterocycles. The molecule has 2 aromatic rings. The van der Waals surface area contributed by atoms with Crippen LogP contribution in [-0.2, 0) is 11.8 Å². The number of ether oxygens (including phenoxy) is 1. The number of carbonyl (C=O) groups excluding carboxylic acids is 1. The molecule has 1 atom stereocenters. The Hall–Kier alpha value is -2.38. The van der Waals surface area contributed by atoms with E-state index in [9.17, 15) is 4.79 Å². The van der Waals surface area contributed by atoms with E-state index < -0.39 is 0 Å². The third-order valence-corrected chi connectivity index (χ3v) is 5.91. The monoisotopic (exact) mass is 401 g/mol. The van der Waals surface area contributed by atoms with Crippen LogP contribution in [0, 0.1) is 0 Å². The topological polar surface area (TPSA) is 107 Å². The Bertz CT molecular complexity index is 902. The van der Waals surface area contributed by atoms with Crippen LogP contribution >= 0.6 is 11.6 Å². The fourth-order valence-corrected chi connectivity index (χ4v) is 4.56. The summed E-state index contributed by atoms with van der Waals surface area (Å²) in [6.45, 7) is 2.02. The average molecular weight is 402 g/mol. The highest BCUT2D eigenvalue weighted by Crippen LogP contribution is 2.44. The maximum absolute atomic E-state index is 13.4. The highest BCUT2D eigenvalue weighted by atomic mass is 35.5. The molecular formula is C20H24ClN5O2. The highest BCUT2D eigenvalue weighted by Gasteiger charge is 2.45. The number of nitrogens with two attached hydrogens (primary N) is 2. The van der Waals surface area contributed by atoms with Crippen molar-refractivity contribution in [3.63, 3.8) is 0 Å². The fourth-order valence-electron chi connectivity index (χ4n) is 4.39. The molecule has 1 aromatic carbocycles. The number of benzene rings is 1. The van der Waals surface area contributed by atoms with E-state index in [4.69, 9.17) is 27.8 Å². The van der Waals surface area contributed by atoms with Gasteiger partial charge >= 0.3 is 0 Å². The number of hydrogen-bond acceptors (Lipinski definition) is 6. The first-order valence-electron chi connectivity index (χ1n) is 9.56. The summed E-state index contributed by atoms with van der Waals surface area (Å²) >= 11 is 6.16. The number of amides is 1. The van der Waals surface area contributed by atoms with Gasteiger partial charge in [-0.25, -0.2) is 9.97 Å². The minimum atomic E-state index is -0.156. The average Bonchev–Trinajstić information content (AvgIpc) is 3.03. The molecule has 8 heteroatoms. The summed E-state index contributed by atoms with van der Waals surface area (Å²) in [4.78, 5) is 23.9. The third-order valence-electron chi connectivity index (χ3n) is 5.67. The Kier molecular flexibility index (Phi) is 5.12. The van der Waals surface area contributed by atoms with Gasteiger partial charge < -0.3 is 21.1 Å². The molecule has 0 radical (unpaired) electrons. The number of hydrogen-bond donors (Lipinski definition) is 2. The predicted octanol–water partition coefficient (Wildman–Crippen LogP) is 2.17. The summed E-state index contributed by atoms with van der Waals surface area (Å²) in [5.41, 5.74) is 13.8. The molecule has 0 saturated carbocycles. The van der Waals surface area contributed by atoms with Crippen LogP contribution in [0.4, 0.5) is 5.95 Å². The second-order valence-corrected chi connectivity index (χ2v) is 7.93. The van der Waals surface area contributed by atoms with Crippen LogP contribution in [0.3, 0.4) is 0 Å². The standard InChI is InChI=1S/C20H24ClN5O2/c21-14-2-3-16(28-9-7-22)15(10-14)18(27)26-8-1-5-20(12-26)6-4-13-11-24-19(23)25-17(13)20/h2-3,10-11H,1,4-9,12,22H2,(H2,23,24,25). The fraction of sp³-hybridized carbons (Fsp3) is 0.450. The summed E-state index contributed by atoms with van der Waals surface area (Å²) in [6.07, 6.45) is 5.60. The van der Waals surface area contributed by atoms with Crippen LogP contribution < -0.4 is 16.2 Å². The lowest BCUT2D eigenvalue weighted by atomic mass is 9.77. The van der Waals surface area contributed by atoms with Crippen molar-refractivity contribution in [2.75, 3.05) is 32.0 Å². The van der Waals surface area contributed by atoms with Gasteiger partial charge in [-0.1, -0.05) is 11.6 Å². The maximum Gasteiger partial charge on any atom is 0.257 e. The number of piperidine rings is 1. The van der Waals surface area contributed by atoms with Gasteiger partial charge in [0.25, 0.3) is 5.91 Å². The van der Waals surface area contributed by atoms with Crippen molar-refractivity contribution >= 4 is 23.5 Å². The second kappa shape index (κ2) is 7.56. The van der Waals surface area contributed by atoms with E-state index in [0.717, 1.165) is 36.9 Å². The van der Waals surface area contributed by atoms with Gasteiger partial charge in [0.15, 0.2) is 0 Å². The van der Waals surface area contributed by atoms with Crippen molar-refractivity contribution in [3.8, 4) is 5.75 Å². The minimum Gasteiger partial charge on any atom is -0.491 e. The highest BCUT2D eigenvalue weighted by molar-refractivity contribution is 6.31. The van der Waals surface area contributed by atoms with Gasteiger partial charge in [0, 0.05) is 36.3 Å². The van der Waals surface area contributed by atoms with Crippen LogP contribution in [0.25, 0.3) is 0 Å². The molecule has 0 bridgehead atoms. The maximum atomic E-state index is 13.4. The molecule has 7 nitrogen and oxygen atoms in total. The van der Waals surface area contributed by atoms with Gasteiger partial charge in [0.2, 0.25) is 5.95 Å². The van der Waals surface area contributed by atoms with E-state index in [2.05, 4.69) is 9.97 Å². The molecule has 1 unspecified atom stereocenters. The largest absolute Gasteiger partial charge is 0.491 e. The van der Waals surface area contributed by atoms with Crippen LogP contribution in [0.2, 0.25) is 5.02 Å². The zero-order valence-corrected chi connectivity index (χ0v) is 16.4. The zero-order valence-electron chi connectivity index (χ0n) is 15.7. The van der Waals surface area contributed by atoms with Crippen LogP contribution in [0.1, 0.15) is 40.9 Å². The van der Waals surface area contributed by atoms with E-state index in [-0.39, 0.29) is 17.3 Å². The summed E-state index contributed by atoms with van der Waals surface area (Å²) in [5, 5.41) is 0.502. The van der Waals surface area contributed by atoms with Crippen molar-refractivity contribution in [1.82, 2.24) is 14.9 Å². The van der Waals surface area contributed by atoms with Crippen LogP contribution in [0.5, 0.6) is 5.75 Å². The Balaban J connectivity index is 1.62. The molecular weight excluding hydrogens is 378 g/mol. The Morgan fingerprint density at radius 1 is 1.36 bits per heavy atom. The van der Waals surface area contributed by atoms with Gasteiger partial charge in [-0.05, 0) is 49.4 Å². The Labute approximate surface area is 169 Å². The SMILES string of the molecule is NCCOc1ccc(Cl)cc1C(=O)N1CCCC2(CCc3cnc(N)nc32)C1. The number of halogens is 1. The summed E-state index contributed by atoms with van der Waals surface area (Å²) < 4.78 is 5.67. The van der Waals surface area contributed by atoms with Gasteiger partial charge in [-0.15, -0.1) is 0 Å². The Morgan fingerprint density at radius 3 is 3.04 bits per heavy atom. The summed E-state index contributed by atoms with van der Waals surface area (Å²) in [6, 6.07) is 5.11. The van der Waals surface area contributed by atoms with Crippen molar-refractivity contribution in [2.45, 2.75) is 31.1 Å². The molecule has 1 aromatic heterocycles. The number of nitrogen functional groups attached to an aromatic ring is 1. The normalized spacial score (nSPS) is 21.0. The van der Waals surface area contributed by atoms with Crippen molar-refractivity contribution in [2.24, 2.45) is 5.73 Å². The predicted molar refractivity (Wildman–Crippen MR) is 108 cm³/mol. The van der Waals surface area contributed by atoms with Crippen molar-refractivity contribution < 1.29 is 9.53 Å². The quantitative estimate of drug-likeness (QED) is 0.812. The molecule has 4 N–H and O–H groups in total. The Morgan fingerprint density at radius 2 is 2.21 bits per heavy atom. The van der Waals surface area contributed by atoms with Gasteiger partial charge in [0.1, 0.15) is 12.4 Å². The van der Waals surface area contributed by atoms with E-state index in [1.165, 1.54) is 0 Å². The number of rotatable bonds is 4. The van der Waals surface area contributed by atoms with Crippen molar-refractivity contribution in [3.05, 3.63) is 46.2 Å². The molecule has 1 spiro atoms. The molecule has 2 aliphatic rings. The number of aryl methyl sites for hydroxylation is 1. The van der Waals surface area contributed by atoms with E-state index in [0.29, 0.717) is 42.6 Å². The number of anilines is 1. The molecule has 28 heavy (non-hydrogen) atoms. The van der Waals surface area contributed by atoms with Gasteiger partial charge in [-0.2, -0.15) is 0 Å². The first-order chi connectivity index (χ1) is 13.5. The lowest BCUT2D eigenvalue weighted by Crippen LogP contribution is -2.48. The second-order valence-electron chi connectivity index (χ2n) is 7.49. The number of fused-ring (bicyclic) bond motifs is 2. The van der Waals surface area contributed by atoms with Gasteiger partial charge in [0.05, 0.1) is 11.3 Å².